The van der Waals surface area contributed by atoms with Crippen molar-refractivity contribution < 1.29 is 19.1 Å². The van der Waals surface area contributed by atoms with E-state index in [0.717, 1.165) is 48.3 Å². The highest BCUT2D eigenvalue weighted by Crippen LogP contribution is 2.39. The molecule has 0 radical (unpaired) electrons. The van der Waals surface area contributed by atoms with E-state index in [4.69, 9.17) is 14.5 Å². The minimum absolute atomic E-state index is 0.145. The Kier molecular flexibility index (Phi) is 7.55. The predicted octanol–water partition coefficient (Wildman–Crippen LogP) is 6.10. The van der Waals surface area contributed by atoms with Crippen LogP contribution in [0.3, 0.4) is 0 Å². The van der Waals surface area contributed by atoms with Gasteiger partial charge in [0.2, 0.25) is 11.8 Å². The number of hydrogen-bond acceptors (Lipinski definition) is 4. The van der Waals surface area contributed by atoms with Gasteiger partial charge in [0.15, 0.2) is 5.76 Å². The normalized spacial score (nSPS) is 15.8. The molecule has 4 rings (SSSR count). The van der Waals surface area contributed by atoms with Crippen LogP contribution in [0.4, 0.5) is 0 Å². The first-order chi connectivity index (χ1) is 16.1. The SMILES string of the molecule is O=C(O)CCCCCCCN1C(=O)CCC1c1nc(-c2ccccc2)c(-c2ccccc2)o1. The van der Waals surface area contributed by atoms with Gasteiger partial charge in [-0.15, -0.1) is 0 Å². The Balaban J connectivity index is 1.48. The Morgan fingerprint density at radius 2 is 1.58 bits per heavy atom. The zero-order chi connectivity index (χ0) is 23.0. The maximum absolute atomic E-state index is 12.6. The van der Waals surface area contributed by atoms with Gasteiger partial charge in [0.25, 0.3) is 0 Å². The summed E-state index contributed by atoms with van der Waals surface area (Å²) in [4.78, 5) is 30.0. The quantitative estimate of drug-likeness (QED) is 0.360. The van der Waals surface area contributed by atoms with Gasteiger partial charge in [-0.25, -0.2) is 4.98 Å². The monoisotopic (exact) mass is 446 g/mol. The smallest absolute Gasteiger partial charge is 0.303 e. The standard InChI is InChI=1S/C27H30N2O4/c30-23-18-17-22(29(23)19-11-3-1-2-10-16-24(31)32)27-28-25(20-12-6-4-7-13-20)26(33-27)21-14-8-5-9-15-21/h4-9,12-15,22H,1-3,10-11,16-19H2,(H,31,32). The summed E-state index contributed by atoms with van der Waals surface area (Å²) in [5.74, 6) is 0.734. The number of oxazole rings is 1. The number of amides is 1. The van der Waals surface area contributed by atoms with Crippen molar-refractivity contribution in [1.29, 1.82) is 0 Å². The zero-order valence-electron chi connectivity index (χ0n) is 18.8. The third-order valence-corrected chi connectivity index (χ3v) is 6.13. The number of unbranched alkanes of at least 4 members (excludes halogenated alkanes) is 4. The van der Waals surface area contributed by atoms with Gasteiger partial charge in [-0.3, -0.25) is 9.59 Å². The number of rotatable bonds is 11. The summed E-state index contributed by atoms with van der Waals surface area (Å²) in [5, 5.41) is 8.73. The molecule has 1 amide bonds. The molecule has 6 heteroatoms. The molecule has 0 saturated carbocycles. The number of benzene rings is 2. The van der Waals surface area contributed by atoms with Crippen molar-refractivity contribution in [2.45, 2.75) is 57.4 Å². The topological polar surface area (TPSA) is 83.6 Å². The lowest BCUT2D eigenvalue weighted by Crippen LogP contribution is -2.29. The van der Waals surface area contributed by atoms with E-state index in [1.54, 1.807) is 0 Å². The second kappa shape index (κ2) is 10.9. The summed E-state index contributed by atoms with van der Waals surface area (Å²) in [5.41, 5.74) is 2.76. The number of likely N-dealkylation sites (tertiary alicyclic amines) is 1. The average molecular weight is 447 g/mol. The van der Waals surface area contributed by atoms with Gasteiger partial charge in [-0.2, -0.15) is 0 Å². The number of aromatic nitrogens is 1. The van der Waals surface area contributed by atoms with Crippen LogP contribution in [0.15, 0.2) is 65.1 Å². The van der Waals surface area contributed by atoms with Crippen molar-refractivity contribution in [3.63, 3.8) is 0 Å². The lowest BCUT2D eigenvalue weighted by molar-refractivity contribution is -0.137. The zero-order valence-corrected chi connectivity index (χ0v) is 18.8. The van der Waals surface area contributed by atoms with Crippen LogP contribution in [0.1, 0.15) is 63.3 Å². The maximum atomic E-state index is 12.6. The van der Waals surface area contributed by atoms with Crippen LogP contribution in [0.5, 0.6) is 0 Å². The lowest BCUT2D eigenvalue weighted by Gasteiger charge is -2.22. The van der Waals surface area contributed by atoms with Crippen molar-refractivity contribution in [2.75, 3.05) is 6.54 Å². The number of nitrogens with zero attached hydrogens (tertiary/aromatic N) is 2. The molecule has 2 heterocycles. The van der Waals surface area contributed by atoms with Crippen LogP contribution in [0.2, 0.25) is 0 Å². The van der Waals surface area contributed by atoms with Crippen molar-refractivity contribution in [2.24, 2.45) is 0 Å². The number of carbonyl (C=O) groups is 2. The molecule has 1 atom stereocenters. The molecule has 1 aromatic heterocycles. The van der Waals surface area contributed by atoms with E-state index in [2.05, 4.69) is 0 Å². The Labute approximate surface area is 194 Å². The van der Waals surface area contributed by atoms with Crippen LogP contribution < -0.4 is 0 Å². The van der Waals surface area contributed by atoms with Gasteiger partial charge < -0.3 is 14.4 Å². The number of carboxylic acid groups (broad SMARTS) is 1. The molecule has 1 aliphatic rings. The van der Waals surface area contributed by atoms with Crippen molar-refractivity contribution >= 4 is 11.9 Å². The molecule has 0 bridgehead atoms. The van der Waals surface area contributed by atoms with Crippen LogP contribution in [-0.2, 0) is 9.59 Å². The van der Waals surface area contributed by atoms with Crippen molar-refractivity contribution in [3.05, 3.63) is 66.6 Å². The van der Waals surface area contributed by atoms with Crippen molar-refractivity contribution in [1.82, 2.24) is 9.88 Å². The molecular formula is C27H30N2O4. The maximum Gasteiger partial charge on any atom is 0.303 e. The molecule has 1 N–H and O–H groups in total. The highest BCUT2D eigenvalue weighted by Gasteiger charge is 2.36. The summed E-state index contributed by atoms with van der Waals surface area (Å²) >= 11 is 0. The summed E-state index contributed by atoms with van der Waals surface area (Å²) in [6.45, 7) is 0.673. The van der Waals surface area contributed by atoms with E-state index in [1.165, 1.54) is 0 Å². The van der Waals surface area contributed by atoms with Gasteiger partial charge >= 0.3 is 5.97 Å². The first-order valence-corrected chi connectivity index (χ1v) is 11.8. The highest BCUT2D eigenvalue weighted by atomic mass is 16.4. The Morgan fingerprint density at radius 3 is 2.27 bits per heavy atom. The fourth-order valence-corrected chi connectivity index (χ4v) is 4.42. The largest absolute Gasteiger partial charge is 0.481 e. The minimum atomic E-state index is -0.740. The van der Waals surface area contributed by atoms with E-state index in [1.807, 2.05) is 65.6 Å². The average Bonchev–Trinajstić information content (AvgIpc) is 3.43. The summed E-state index contributed by atoms with van der Waals surface area (Å²) in [7, 11) is 0. The molecule has 172 valence electrons. The molecule has 0 aliphatic carbocycles. The van der Waals surface area contributed by atoms with Gasteiger partial charge in [0, 0.05) is 30.5 Å². The predicted molar refractivity (Wildman–Crippen MR) is 126 cm³/mol. The van der Waals surface area contributed by atoms with Crippen LogP contribution in [0, 0.1) is 0 Å². The third kappa shape index (κ3) is 5.69. The molecule has 1 saturated heterocycles. The molecule has 1 unspecified atom stereocenters. The molecule has 1 fully saturated rings. The number of carbonyl (C=O) groups excluding carboxylic acids is 1. The van der Waals surface area contributed by atoms with E-state index < -0.39 is 5.97 Å². The highest BCUT2D eigenvalue weighted by molar-refractivity contribution is 5.80. The van der Waals surface area contributed by atoms with E-state index in [0.29, 0.717) is 31.7 Å². The molecule has 2 aromatic carbocycles. The van der Waals surface area contributed by atoms with Crippen LogP contribution in [-0.4, -0.2) is 33.4 Å². The van der Waals surface area contributed by atoms with Gasteiger partial charge in [0.1, 0.15) is 11.7 Å². The fraction of sp³-hybridized carbons (Fsp3) is 0.370. The fourth-order valence-electron chi connectivity index (χ4n) is 4.42. The molecule has 1 aliphatic heterocycles. The molecule has 6 nitrogen and oxygen atoms in total. The second-order valence-electron chi connectivity index (χ2n) is 8.51. The number of carboxylic acids is 1. The summed E-state index contributed by atoms with van der Waals surface area (Å²) < 4.78 is 6.34. The van der Waals surface area contributed by atoms with Gasteiger partial charge in [-0.1, -0.05) is 79.9 Å². The number of hydrogen-bond donors (Lipinski definition) is 1. The molecule has 0 spiro atoms. The Hall–Kier alpha value is -3.41. The van der Waals surface area contributed by atoms with Gasteiger partial charge in [-0.05, 0) is 19.3 Å². The van der Waals surface area contributed by atoms with E-state index in [-0.39, 0.29) is 18.4 Å². The minimum Gasteiger partial charge on any atom is -0.481 e. The summed E-state index contributed by atoms with van der Waals surface area (Å²) in [6.07, 6.45) is 5.91. The summed E-state index contributed by atoms with van der Waals surface area (Å²) in [6, 6.07) is 19.8. The Morgan fingerprint density at radius 1 is 0.939 bits per heavy atom. The molecule has 33 heavy (non-hydrogen) atoms. The van der Waals surface area contributed by atoms with E-state index in [9.17, 15) is 9.59 Å². The van der Waals surface area contributed by atoms with Crippen molar-refractivity contribution in [3.8, 4) is 22.6 Å². The van der Waals surface area contributed by atoms with Gasteiger partial charge in [0.05, 0.1) is 0 Å². The number of aliphatic carboxylic acids is 1. The van der Waals surface area contributed by atoms with Crippen LogP contribution >= 0.6 is 0 Å². The Bertz CT molecular complexity index is 1010. The molecule has 3 aromatic rings. The van der Waals surface area contributed by atoms with Crippen LogP contribution in [0.25, 0.3) is 22.6 Å². The van der Waals surface area contributed by atoms with E-state index >= 15 is 0 Å². The molecular weight excluding hydrogens is 416 g/mol. The third-order valence-electron chi connectivity index (χ3n) is 6.13. The first kappa shape index (κ1) is 22.8. The lowest BCUT2D eigenvalue weighted by atomic mass is 10.1. The second-order valence-corrected chi connectivity index (χ2v) is 8.51. The first-order valence-electron chi connectivity index (χ1n) is 11.8.